The lowest BCUT2D eigenvalue weighted by atomic mass is 10.3. The van der Waals surface area contributed by atoms with E-state index in [-0.39, 0.29) is 18.6 Å². The van der Waals surface area contributed by atoms with Gasteiger partial charge in [0, 0.05) is 19.7 Å². The molecule has 6 nitrogen and oxygen atoms in total. The Bertz CT molecular complexity index is 409. The molecular weight excluding hydrogens is 270 g/mol. The fourth-order valence-electron chi connectivity index (χ4n) is 1.75. The molecule has 1 unspecified atom stereocenters. The van der Waals surface area contributed by atoms with Crippen molar-refractivity contribution in [1.82, 2.24) is 15.6 Å². The average Bonchev–Trinajstić information content (AvgIpc) is 2.47. The zero-order valence-corrected chi connectivity index (χ0v) is 13.0. The van der Waals surface area contributed by atoms with Gasteiger partial charge in [0.2, 0.25) is 0 Å². The molecule has 0 spiro atoms. The van der Waals surface area contributed by atoms with Crippen LogP contribution in [-0.2, 0) is 16.1 Å². The summed E-state index contributed by atoms with van der Waals surface area (Å²) in [7, 11) is 1.60. The second kappa shape index (κ2) is 10.1. The highest BCUT2D eigenvalue weighted by atomic mass is 16.5. The number of aromatic nitrogens is 1. The summed E-state index contributed by atoms with van der Waals surface area (Å²) >= 11 is 0. The molecule has 0 bridgehead atoms. The standard InChI is InChI=1S/C15H25N3O3/c1-4-7-16-8-13-5-6-14(9-17-13)21-11-15(19)18-12(2)10-20-3/h5-6,9,12,16H,4,7-8,10-11H2,1-3H3,(H,18,19). The quantitative estimate of drug-likeness (QED) is 0.633. The summed E-state index contributed by atoms with van der Waals surface area (Å²) in [5.41, 5.74) is 0.953. The molecule has 6 heteroatoms. The highest BCUT2D eigenvalue weighted by Gasteiger charge is 2.07. The predicted octanol–water partition coefficient (Wildman–Crippen LogP) is 1.11. The van der Waals surface area contributed by atoms with E-state index < -0.39 is 0 Å². The molecule has 1 aromatic heterocycles. The fraction of sp³-hybridized carbons (Fsp3) is 0.600. The molecule has 1 atom stereocenters. The predicted molar refractivity (Wildman–Crippen MR) is 81.2 cm³/mol. The van der Waals surface area contributed by atoms with Gasteiger partial charge in [-0.2, -0.15) is 0 Å². The first-order valence-electron chi connectivity index (χ1n) is 7.22. The maximum atomic E-state index is 11.6. The van der Waals surface area contributed by atoms with Crippen molar-refractivity contribution in [3.8, 4) is 5.75 Å². The Labute approximate surface area is 126 Å². The molecule has 2 N–H and O–H groups in total. The monoisotopic (exact) mass is 295 g/mol. The molecule has 21 heavy (non-hydrogen) atoms. The number of carbonyl (C=O) groups is 1. The number of pyridine rings is 1. The average molecular weight is 295 g/mol. The lowest BCUT2D eigenvalue weighted by Gasteiger charge is -2.13. The summed E-state index contributed by atoms with van der Waals surface area (Å²) in [5.74, 6) is 0.414. The maximum Gasteiger partial charge on any atom is 0.258 e. The Hall–Kier alpha value is -1.66. The lowest BCUT2D eigenvalue weighted by Crippen LogP contribution is -2.38. The zero-order valence-electron chi connectivity index (χ0n) is 13.0. The van der Waals surface area contributed by atoms with Gasteiger partial charge >= 0.3 is 0 Å². The minimum atomic E-state index is -0.173. The van der Waals surface area contributed by atoms with Crippen LogP contribution in [0.4, 0.5) is 0 Å². The Morgan fingerprint density at radius 1 is 1.43 bits per heavy atom. The third kappa shape index (κ3) is 7.63. The van der Waals surface area contributed by atoms with Crippen LogP contribution in [0, 0.1) is 0 Å². The number of hydrogen-bond donors (Lipinski definition) is 2. The van der Waals surface area contributed by atoms with Gasteiger partial charge in [-0.25, -0.2) is 0 Å². The van der Waals surface area contributed by atoms with Crippen molar-refractivity contribution < 1.29 is 14.3 Å². The largest absolute Gasteiger partial charge is 0.482 e. The second-order valence-corrected chi connectivity index (χ2v) is 4.87. The minimum absolute atomic E-state index is 0.0246. The van der Waals surface area contributed by atoms with E-state index in [2.05, 4.69) is 22.5 Å². The van der Waals surface area contributed by atoms with Crippen molar-refractivity contribution in [1.29, 1.82) is 0 Å². The van der Waals surface area contributed by atoms with E-state index in [1.165, 1.54) is 0 Å². The summed E-state index contributed by atoms with van der Waals surface area (Å²) in [4.78, 5) is 15.9. The van der Waals surface area contributed by atoms with E-state index in [0.717, 1.165) is 25.2 Å². The maximum absolute atomic E-state index is 11.6. The van der Waals surface area contributed by atoms with Crippen molar-refractivity contribution in [2.24, 2.45) is 0 Å². The van der Waals surface area contributed by atoms with E-state index in [4.69, 9.17) is 9.47 Å². The molecule has 1 rings (SSSR count). The van der Waals surface area contributed by atoms with Gasteiger partial charge in [0.15, 0.2) is 6.61 Å². The van der Waals surface area contributed by atoms with Crippen LogP contribution in [0.3, 0.4) is 0 Å². The number of methoxy groups -OCH3 is 1. The van der Waals surface area contributed by atoms with Crippen molar-refractivity contribution in [3.63, 3.8) is 0 Å². The molecule has 0 saturated heterocycles. The Kier molecular flexibility index (Phi) is 8.38. The van der Waals surface area contributed by atoms with Crippen LogP contribution in [0.1, 0.15) is 26.0 Å². The first kappa shape index (κ1) is 17.4. The molecule has 0 aliphatic heterocycles. The van der Waals surface area contributed by atoms with Gasteiger partial charge in [-0.15, -0.1) is 0 Å². The van der Waals surface area contributed by atoms with E-state index in [0.29, 0.717) is 12.4 Å². The first-order chi connectivity index (χ1) is 10.2. The molecular formula is C15H25N3O3. The molecule has 0 saturated carbocycles. The SMILES string of the molecule is CCCNCc1ccc(OCC(=O)NC(C)COC)cn1. The van der Waals surface area contributed by atoms with Crippen molar-refractivity contribution in [2.45, 2.75) is 32.9 Å². The number of ether oxygens (including phenoxy) is 2. The van der Waals surface area contributed by atoms with Gasteiger partial charge in [0.05, 0.1) is 18.5 Å². The summed E-state index contributed by atoms with van der Waals surface area (Å²) in [6.45, 7) is 6.16. The van der Waals surface area contributed by atoms with E-state index in [1.54, 1.807) is 13.3 Å². The lowest BCUT2D eigenvalue weighted by molar-refractivity contribution is -0.124. The minimum Gasteiger partial charge on any atom is -0.482 e. The van der Waals surface area contributed by atoms with Crippen LogP contribution in [0.15, 0.2) is 18.3 Å². The van der Waals surface area contributed by atoms with Gasteiger partial charge < -0.3 is 20.1 Å². The van der Waals surface area contributed by atoms with Crippen LogP contribution in [0.5, 0.6) is 5.75 Å². The Morgan fingerprint density at radius 2 is 2.24 bits per heavy atom. The van der Waals surface area contributed by atoms with Gasteiger partial charge in [0.1, 0.15) is 5.75 Å². The summed E-state index contributed by atoms with van der Waals surface area (Å²) in [5, 5.41) is 6.05. The molecule has 118 valence electrons. The van der Waals surface area contributed by atoms with Crippen molar-refractivity contribution in [2.75, 3.05) is 26.9 Å². The Morgan fingerprint density at radius 3 is 2.86 bits per heavy atom. The smallest absolute Gasteiger partial charge is 0.258 e. The van der Waals surface area contributed by atoms with Gasteiger partial charge in [-0.1, -0.05) is 6.92 Å². The molecule has 1 aromatic rings. The van der Waals surface area contributed by atoms with Gasteiger partial charge in [-0.05, 0) is 32.0 Å². The van der Waals surface area contributed by atoms with Gasteiger partial charge in [0.25, 0.3) is 5.91 Å². The molecule has 1 amide bonds. The highest BCUT2D eigenvalue weighted by Crippen LogP contribution is 2.08. The number of carbonyl (C=O) groups excluding carboxylic acids is 1. The molecule has 1 heterocycles. The molecule has 0 aliphatic rings. The second-order valence-electron chi connectivity index (χ2n) is 4.87. The number of nitrogens with zero attached hydrogens (tertiary/aromatic N) is 1. The normalized spacial score (nSPS) is 12.0. The molecule has 0 aromatic carbocycles. The van der Waals surface area contributed by atoms with Gasteiger partial charge in [-0.3, -0.25) is 9.78 Å². The van der Waals surface area contributed by atoms with Crippen LogP contribution in [-0.4, -0.2) is 43.8 Å². The van der Waals surface area contributed by atoms with Crippen LogP contribution < -0.4 is 15.4 Å². The van der Waals surface area contributed by atoms with E-state index >= 15 is 0 Å². The van der Waals surface area contributed by atoms with Crippen molar-refractivity contribution in [3.05, 3.63) is 24.0 Å². The van der Waals surface area contributed by atoms with E-state index in [1.807, 2.05) is 19.1 Å². The topological polar surface area (TPSA) is 72.5 Å². The third-order valence-electron chi connectivity index (χ3n) is 2.72. The highest BCUT2D eigenvalue weighted by molar-refractivity contribution is 5.77. The third-order valence-corrected chi connectivity index (χ3v) is 2.72. The number of amides is 1. The summed E-state index contributed by atoms with van der Waals surface area (Å²) < 4.78 is 10.3. The first-order valence-corrected chi connectivity index (χ1v) is 7.22. The zero-order chi connectivity index (χ0) is 15.5. The van der Waals surface area contributed by atoms with Crippen molar-refractivity contribution >= 4 is 5.91 Å². The summed E-state index contributed by atoms with van der Waals surface area (Å²) in [6, 6.07) is 3.68. The fourth-order valence-corrected chi connectivity index (χ4v) is 1.75. The van der Waals surface area contributed by atoms with Crippen LogP contribution >= 0.6 is 0 Å². The number of nitrogens with one attached hydrogen (secondary N) is 2. The molecule has 0 aliphatic carbocycles. The van der Waals surface area contributed by atoms with E-state index in [9.17, 15) is 4.79 Å². The van der Waals surface area contributed by atoms with Crippen LogP contribution in [0.2, 0.25) is 0 Å². The Balaban J connectivity index is 2.30. The number of rotatable bonds is 10. The molecule has 0 fully saturated rings. The molecule has 0 radical (unpaired) electrons. The summed E-state index contributed by atoms with van der Waals surface area (Å²) in [6.07, 6.45) is 2.73. The number of hydrogen-bond acceptors (Lipinski definition) is 5. The van der Waals surface area contributed by atoms with Crippen LogP contribution in [0.25, 0.3) is 0 Å².